The molecule has 2 aromatic rings. The van der Waals surface area contributed by atoms with Gasteiger partial charge in [0.05, 0.1) is 12.3 Å². The van der Waals surface area contributed by atoms with Crippen molar-refractivity contribution in [3.8, 4) is 0 Å². The molecule has 0 radical (unpaired) electrons. The zero-order valence-corrected chi connectivity index (χ0v) is 15.7. The minimum atomic E-state index is -0.445. The number of hydrogen-bond donors (Lipinski definition) is 2. The minimum absolute atomic E-state index is 0.280. The molecular weight excluding hydrogens is 332 g/mol. The molecule has 0 aliphatic carbocycles. The second kappa shape index (κ2) is 6.90. The van der Waals surface area contributed by atoms with Crippen molar-refractivity contribution in [1.29, 1.82) is 10.8 Å². The molecule has 0 fully saturated rings. The van der Waals surface area contributed by atoms with Gasteiger partial charge in [-0.1, -0.05) is 30.3 Å². The van der Waals surface area contributed by atoms with Gasteiger partial charge in [-0.3, -0.25) is 20.7 Å². The van der Waals surface area contributed by atoms with Crippen LogP contribution < -0.4 is 4.90 Å². The van der Waals surface area contributed by atoms with Crippen molar-refractivity contribution in [3.05, 3.63) is 51.9 Å². The number of thiophene rings is 1. The van der Waals surface area contributed by atoms with Gasteiger partial charge in [0, 0.05) is 23.1 Å². The number of rotatable bonds is 3. The standard InChI is InChI=1S/C19H22N4OS/c1-11-12(2)25-19-16(11)17(14-8-6-5-7-9-14)22-15(10-24-4)18(21)23(19)13(3)20/h5-9,15,20-21H,10H2,1-4H3. The predicted octanol–water partition coefficient (Wildman–Crippen LogP) is 4.01. The summed E-state index contributed by atoms with van der Waals surface area (Å²) in [6.07, 6.45) is 0. The van der Waals surface area contributed by atoms with Crippen LogP contribution in [0.3, 0.4) is 0 Å². The summed E-state index contributed by atoms with van der Waals surface area (Å²) in [5.41, 5.74) is 4.06. The minimum Gasteiger partial charge on any atom is -0.382 e. The highest BCUT2D eigenvalue weighted by Crippen LogP contribution is 2.39. The molecule has 0 saturated carbocycles. The fourth-order valence-corrected chi connectivity index (χ4v) is 4.23. The average Bonchev–Trinajstić information content (AvgIpc) is 2.80. The largest absolute Gasteiger partial charge is 0.382 e. The fraction of sp³-hybridized carbons (Fsp3) is 0.316. The van der Waals surface area contributed by atoms with E-state index in [0.29, 0.717) is 12.4 Å². The van der Waals surface area contributed by atoms with Gasteiger partial charge in [0.1, 0.15) is 22.7 Å². The Kier molecular flexibility index (Phi) is 4.83. The molecule has 0 spiro atoms. The molecule has 1 unspecified atom stereocenters. The van der Waals surface area contributed by atoms with Gasteiger partial charge in [0.2, 0.25) is 0 Å². The van der Waals surface area contributed by atoms with E-state index in [4.69, 9.17) is 20.5 Å². The molecule has 2 heterocycles. The summed E-state index contributed by atoms with van der Waals surface area (Å²) in [7, 11) is 1.61. The van der Waals surface area contributed by atoms with Crippen molar-refractivity contribution in [2.24, 2.45) is 4.99 Å². The van der Waals surface area contributed by atoms with E-state index in [-0.39, 0.29) is 5.84 Å². The first-order valence-electron chi connectivity index (χ1n) is 8.12. The van der Waals surface area contributed by atoms with Crippen LogP contribution in [0.1, 0.15) is 28.5 Å². The molecule has 0 amide bonds. The molecular formula is C19H22N4OS. The zero-order chi connectivity index (χ0) is 18.1. The van der Waals surface area contributed by atoms with Crippen LogP contribution in [0.5, 0.6) is 0 Å². The number of benzene rings is 1. The third-order valence-corrected chi connectivity index (χ3v) is 5.55. The third kappa shape index (κ3) is 3.03. The van der Waals surface area contributed by atoms with E-state index in [1.54, 1.807) is 30.3 Å². The molecule has 5 nitrogen and oxygen atoms in total. The highest BCUT2D eigenvalue weighted by atomic mass is 32.1. The lowest BCUT2D eigenvalue weighted by atomic mass is 10.00. The maximum absolute atomic E-state index is 8.64. The number of fused-ring (bicyclic) bond motifs is 1. The number of ether oxygens (including phenoxy) is 1. The van der Waals surface area contributed by atoms with Crippen LogP contribution in [0.25, 0.3) is 0 Å². The third-order valence-electron chi connectivity index (χ3n) is 4.36. The SMILES string of the molecule is COCC1N=C(c2ccccc2)c2c(sc(C)c2C)N(C(C)=N)C1=N. The van der Waals surface area contributed by atoms with E-state index in [9.17, 15) is 0 Å². The Morgan fingerprint density at radius 1 is 1.28 bits per heavy atom. The molecule has 0 bridgehead atoms. The van der Waals surface area contributed by atoms with Gasteiger partial charge >= 0.3 is 0 Å². The highest BCUT2D eigenvalue weighted by Gasteiger charge is 2.33. The van der Waals surface area contributed by atoms with Gasteiger partial charge < -0.3 is 4.74 Å². The number of anilines is 1. The summed E-state index contributed by atoms with van der Waals surface area (Å²) < 4.78 is 5.31. The first kappa shape index (κ1) is 17.5. The Hall–Kier alpha value is -2.31. The molecule has 3 rings (SSSR count). The van der Waals surface area contributed by atoms with Crippen LogP contribution in [-0.4, -0.2) is 37.1 Å². The quantitative estimate of drug-likeness (QED) is 0.645. The molecule has 25 heavy (non-hydrogen) atoms. The Bertz CT molecular complexity index is 854. The lowest BCUT2D eigenvalue weighted by Crippen LogP contribution is -2.41. The lowest BCUT2D eigenvalue weighted by Gasteiger charge is -2.24. The van der Waals surface area contributed by atoms with Crippen LogP contribution in [-0.2, 0) is 4.74 Å². The second-order valence-corrected chi connectivity index (χ2v) is 7.29. The van der Waals surface area contributed by atoms with Gasteiger partial charge in [0.25, 0.3) is 0 Å². The monoisotopic (exact) mass is 354 g/mol. The maximum Gasteiger partial charge on any atom is 0.134 e. The van der Waals surface area contributed by atoms with E-state index in [1.807, 2.05) is 30.3 Å². The van der Waals surface area contributed by atoms with Crippen LogP contribution in [0.15, 0.2) is 35.3 Å². The smallest absolute Gasteiger partial charge is 0.134 e. The Labute approximate surface area is 152 Å². The van der Waals surface area contributed by atoms with Crippen molar-refractivity contribution in [1.82, 2.24) is 0 Å². The van der Waals surface area contributed by atoms with Crippen LogP contribution in [0, 0.1) is 24.7 Å². The van der Waals surface area contributed by atoms with E-state index in [2.05, 4.69) is 13.8 Å². The van der Waals surface area contributed by atoms with E-state index >= 15 is 0 Å². The Balaban J connectivity index is 2.31. The first-order valence-corrected chi connectivity index (χ1v) is 8.93. The molecule has 2 N–H and O–H groups in total. The molecule has 1 aromatic heterocycles. The molecule has 130 valence electrons. The van der Waals surface area contributed by atoms with Crippen LogP contribution in [0.4, 0.5) is 5.00 Å². The zero-order valence-electron chi connectivity index (χ0n) is 14.9. The van der Waals surface area contributed by atoms with E-state index in [0.717, 1.165) is 27.4 Å². The average molecular weight is 354 g/mol. The number of amidine groups is 2. The Morgan fingerprint density at radius 2 is 1.96 bits per heavy atom. The second-order valence-electron chi connectivity index (χ2n) is 6.08. The summed E-state index contributed by atoms with van der Waals surface area (Å²) in [6, 6.07) is 9.60. The van der Waals surface area contributed by atoms with E-state index in [1.165, 1.54) is 4.88 Å². The topological polar surface area (TPSA) is 72.5 Å². The van der Waals surface area contributed by atoms with Crippen molar-refractivity contribution in [3.63, 3.8) is 0 Å². The number of aryl methyl sites for hydroxylation is 1. The van der Waals surface area contributed by atoms with Gasteiger partial charge in [-0.2, -0.15) is 0 Å². The van der Waals surface area contributed by atoms with Crippen molar-refractivity contribution < 1.29 is 4.74 Å². The number of nitrogens with one attached hydrogen (secondary N) is 2. The van der Waals surface area contributed by atoms with E-state index < -0.39 is 6.04 Å². The van der Waals surface area contributed by atoms with Crippen molar-refractivity contribution in [2.75, 3.05) is 18.6 Å². The summed E-state index contributed by atoms with van der Waals surface area (Å²) >= 11 is 1.61. The molecule has 1 aliphatic heterocycles. The number of nitrogens with zero attached hydrogens (tertiary/aromatic N) is 2. The number of aliphatic imine (C=N–C) groups is 1. The molecule has 6 heteroatoms. The maximum atomic E-state index is 8.64. The van der Waals surface area contributed by atoms with Gasteiger partial charge in [0.15, 0.2) is 0 Å². The van der Waals surface area contributed by atoms with Crippen molar-refractivity contribution >= 4 is 33.7 Å². The predicted molar refractivity (Wildman–Crippen MR) is 105 cm³/mol. The highest BCUT2D eigenvalue weighted by molar-refractivity contribution is 7.17. The molecule has 1 aliphatic rings. The first-order chi connectivity index (χ1) is 12.0. The summed E-state index contributed by atoms with van der Waals surface area (Å²) in [5.74, 6) is 0.598. The summed E-state index contributed by atoms with van der Waals surface area (Å²) in [5, 5.41) is 17.8. The van der Waals surface area contributed by atoms with Gasteiger partial charge in [-0.15, -0.1) is 11.3 Å². The summed E-state index contributed by atoms with van der Waals surface area (Å²) in [6.45, 7) is 6.18. The summed E-state index contributed by atoms with van der Waals surface area (Å²) in [4.78, 5) is 7.78. The van der Waals surface area contributed by atoms with Gasteiger partial charge in [-0.25, -0.2) is 0 Å². The van der Waals surface area contributed by atoms with Crippen molar-refractivity contribution in [2.45, 2.75) is 26.8 Å². The normalized spacial score (nSPS) is 17.1. The van der Waals surface area contributed by atoms with Gasteiger partial charge in [-0.05, 0) is 26.3 Å². The molecule has 0 saturated heterocycles. The molecule has 1 aromatic carbocycles. The lowest BCUT2D eigenvalue weighted by molar-refractivity contribution is 0.196. The molecule has 1 atom stereocenters. The van der Waals surface area contributed by atoms with Crippen LogP contribution >= 0.6 is 11.3 Å². The Morgan fingerprint density at radius 3 is 2.56 bits per heavy atom. The number of hydrogen-bond acceptors (Lipinski definition) is 5. The number of methoxy groups -OCH3 is 1. The fourth-order valence-electron chi connectivity index (χ4n) is 3.01. The van der Waals surface area contributed by atoms with Crippen LogP contribution in [0.2, 0.25) is 0 Å².